The van der Waals surface area contributed by atoms with E-state index in [1.54, 1.807) is 30.3 Å². The lowest BCUT2D eigenvalue weighted by molar-refractivity contribution is 0.0652. The topological polar surface area (TPSA) is 62.3 Å². The molecule has 1 aromatic heterocycles. The molecule has 3 aromatic carbocycles. The highest BCUT2D eigenvalue weighted by Gasteiger charge is 2.34. The minimum absolute atomic E-state index is 0.240. The third-order valence-electron chi connectivity index (χ3n) is 6.12. The molecule has 3 heterocycles. The van der Waals surface area contributed by atoms with Crippen molar-refractivity contribution in [3.63, 3.8) is 0 Å². The summed E-state index contributed by atoms with van der Waals surface area (Å²) in [6, 6.07) is 15.7. The minimum atomic E-state index is -0.321. The number of nitrogens with zero attached hydrogens (tertiary/aromatic N) is 2. The van der Waals surface area contributed by atoms with E-state index in [0.717, 1.165) is 32.3 Å². The molecule has 1 N–H and O–H groups in total. The lowest BCUT2D eigenvalue weighted by atomic mass is 9.99. The molecule has 0 fully saturated rings. The number of carbonyl (C=O) groups is 2. The molecule has 0 saturated carbocycles. The van der Waals surface area contributed by atoms with E-state index in [2.05, 4.69) is 16.9 Å². The second kappa shape index (κ2) is 7.71. The molecule has 6 rings (SSSR count). The van der Waals surface area contributed by atoms with Crippen LogP contribution in [0.2, 0.25) is 0 Å². The Hall–Kier alpha value is -3.71. The molecule has 0 saturated heterocycles. The maximum absolute atomic E-state index is 13.8. The summed E-state index contributed by atoms with van der Waals surface area (Å²) in [6.07, 6.45) is 5.16. The van der Waals surface area contributed by atoms with Crippen molar-refractivity contribution < 1.29 is 14.0 Å². The van der Waals surface area contributed by atoms with Gasteiger partial charge < -0.3 is 4.72 Å². The predicted octanol–water partition coefficient (Wildman–Crippen LogP) is 5.34. The summed E-state index contributed by atoms with van der Waals surface area (Å²) in [5, 5.41) is 1.88. The number of hydrogen-bond acceptors (Lipinski definition) is 5. The largest absolute Gasteiger partial charge is 0.332 e. The average Bonchev–Trinajstić information content (AvgIpc) is 3.08. The van der Waals surface area contributed by atoms with Crippen LogP contribution in [0.25, 0.3) is 27.9 Å². The van der Waals surface area contributed by atoms with Crippen LogP contribution in [-0.4, -0.2) is 28.2 Å². The Morgan fingerprint density at radius 3 is 2.58 bits per heavy atom. The fourth-order valence-electron chi connectivity index (χ4n) is 4.55. The van der Waals surface area contributed by atoms with Crippen LogP contribution in [0, 0.1) is 5.82 Å². The normalized spacial score (nSPS) is 14.6. The van der Waals surface area contributed by atoms with Crippen LogP contribution < -0.4 is 4.72 Å². The molecule has 2 amide bonds. The molecule has 0 bridgehead atoms. The number of fused-ring (bicyclic) bond motifs is 5. The number of carbonyl (C=O) groups excluding carboxylic acids is 2. The number of hydrogen-bond donors (Lipinski definition) is 1. The first kappa shape index (κ1) is 19.9. The van der Waals surface area contributed by atoms with E-state index in [1.807, 2.05) is 12.3 Å². The highest BCUT2D eigenvalue weighted by atomic mass is 32.2. The summed E-state index contributed by atoms with van der Waals surface area (Å²) in [7, 11) is 0. The van der Waals surface area contributed by atoms with Gasteiger partial charge >= 0.3 is 0 Å². The zero-order valence-corrected chi connectivity index (χ0v) is 18.3. The summed E-state index contributed by atoms with van der Waals surface area (Å²) >= 11 is 1.53. The van der Waals surface area contributed by atoms with Gasteiger partial charge in [0.25, 0.3) is 11.8 Å². The molecule has 0 radical (unpaired) electrons. The van der Waals surface area contributed by atoms with E-state index in [-0.39, 0.29) is 17.6 Å². The fraction of sp³-hybridized carbons (Fsp3) is 0.115. The summed E-state index contributed by atoms with van der Waals surface area (Å²) in [6.45, 7) is 0.333. The van der Waals surface area contributed by atoms with E-state index < -0.39 is 0 Å². The summed E-state index contributed by atoms with van der Waals surface area (Å²) in [4.78, 5) is 32.5. The van der Waals surface area contributed by atoms with E-state index in [4.69, 9.17) is 4.98 Å². The molecule has 7 heteroatoms. The standard InChI is InChI=1S/C26H18FN3O2S/c27-18-8-7-15-13-21-23(29-22(15)14-18)16(12-17-9-10-28-33-24(17)21)4-3-11-30-25(31)19-5-1-2-6-20(19)26(30)32/h1-2,5-10,12-14,28H,3-4,11H2. The number of aromatic nitrogens is 1. The van der Waals surface area contributed by atoms with Crippen molar-refractivity contribution >= 4 is 51.6 Å². The number of nitrogens with one attached hydrogen (secondary N) is 1. The molecule has 0 spiro atoms. The van der Waals surface area contributed by atoms with Crippen LogP contribution in [0.4, 0.5) is 4.39 Å². The zero-order chi connectivity index (χ0) is 22.5. The minimum Gasteiger partial charge on any atom is -0.332 e. The van der Waals surface area contributed by atoms with Crippen LogP contribution in [0.5, 0.6) is 0 Å². The Balaban J connectivity index is 1.35. The molecule has 5 nitrogen and oxygen atoms in total. The van der Waals surface area contributed by atoms with Crippen molar-refractivity contribution in [1.29, 1.82) is 0 Å². The van der Waals surface area contributed by atoms with Crippen molar-refractivity contribution in [2.24, 2.45) is 0 Å². The maximum Gasteiger partial charge on any atom is 0.261 e. The van der Waals surface area contributed by atoms with Crippen molar-refractivity contribution in [1.82, 2.24) is 14.6 Å². The number of imide groups is 1. The fourth-order valence-corrected chi connectivity index (χ4v) is 5.31. The number of halogens is 1. The molecule has 0 unspecified atom stereocenters. The Bertz CT molecular complexity index is 1480. The second-order valence-corrected chi connectivity index (χ2v) is 8.99. The van der Waals surface area contributed by atoms with Crippen molar-refractivity contribution in [2.45, 2.75) is 17.7 Å². The lowest BCUT2D eigenvalue weighted by Gasteiger charge is -2.18. The monoisotopic (exact) mass is 455 g/mol. The molecule has 0 atom stereocenters. The second-order valence-electron chi connectivity index (χ2n) is 8.14. The van der Waals surface area contributed by atoms with Crippen molar-refractivity contribution in [3.8, 4) is 0 Å². The molecular weight excluding hydrogens is 437 g/mol. The maximum atomic E-state index is 13.8. The number of aryl methyl sites for hydroxylation is 1. The van der Waals surface area contributed by atoms with Gasteiger partial charge in [0.05, 0.1) is 22.2 Å². The third-order valence-corrected chi connectivity index (χ3v) is 7.03. The average molecular weight is 456 g/mol. The van der Waals surface area contributed by atoms with Gasteiger partial charge in [-0.25, -0.2) is 9.37 Å². The van der Waals surface area contributed by atoms with Crippen LogP contribution in [0.3, 0.4) is 0 Å². The quantitative estimate of drug-likeness (QED) is 0.256. The van der Waals surface area contributed by atoms with Gasteiger partial charge in [-0.1, -0.05) is 12.1 Å². The first-order valence-electron chi connectivity index (χ1n) is 10.7. The third kappa shape index (κ3) is 3.27. The first-order chi connectivity index (χ1) is 16.1. The smallest absolute Gasteiger partial charge is 0.261 e. The highest BCUT2D eigenvalue weighted by Crippen LogP contribution is 2.37. The molecule has 4 aromatic rings. The molecular formula is C26H18FN3O2S. The van der Waals surface area contributed by atoms with Gasteiger partial charge in [0.2, 0.25) is 0 Å². The molecule has 2 aliphatic heterocycles. The predicted molar refractivity (Wildman–Crippen MR) is 127 cm³/mol. The van der Waals surface area contributed by atoms with Gasteiger partial charge in [0, 0.05) is 34.5 Å². The Morgan fingerprint density at radius 1 is 1.00 bits per heavy atom. The number of rotatable bonds is 4. The van der Waals surface area contributed by atoms with Gasteiger partial charge in [-0.2, -0.15) is 0 Å². The molecule has 2 aliphatic rings. The highest BCUT2D eigenvalue weighted by molar-refractivity contribution is 7.97. The summed E-state index contributed by atoms with van der Waals surface area (Å²) < 4.78 is 17.0. The Morgan fingerprint density at radius 2 is 1.79 bits per heavy atom. The Labute approximate surface area is 193 Å². The summed E-state index contributed by atoms with van der Waals surface area (Å²) in [5.41, 5.74) is 4.45. The zero-order valence-electron chi connectivity index (χ0n) is 17.5. The number of pyridine rings is 1. The van der Waals surface area contributed by atoms with Gasteiger partial charge in [-0.05, 0) is 78.4 Å². The van der Waals surface area contributed by atoms with Gasteiger partial charge in [0.15, 0.2) is 0 Å². The van der Waals surface area contributed by atoms with Crippen LogP contribution in [-0.2, 0) is 6.42 Å². The molecule has 0 aliphatic carbocycles. The first-order valence-corrected chi connectivity index (χ1v) is 11.5. The van der Waals surface area contributed by atoms with Gasteiger partial charge in [-0.3, -0.25) is 14.5 Å². The number of benzene rings is 3. The van der Waals surface area contributed by atoms with Crippen molar-refractivity contribution in [2.75, 3.05) is 6.54 Å². The van der Waals surface area contributed by atoms with E-state index >= 15 is 0 Å². The summed E-state index contributed by atoms with van der Waals surface area (Å²) in [5.74, 6) is -0.801. The molecule has 162 valence electrons. The Kier molecular flexibility index (Phi) is 4.66. The van der Waals surface area contributed by atoms with Crippen LogP contribution in [0.1, 0.15) is 38.3 Å². The van der Waals surface area contributed by atoms with E-state index in [0.29, 0.717) is 36.0 Å². The van der Waals surface area contributed by atoms with Gasteiger partial charge in [-0.15, -0.1) is 0 Å². The van der Waals surface area contributed by atoms with Gasteiger partial charge in [0.1, 0.15) is 5.82 Å². The van der Waals surface area contributed by atoms with E-state index in [9.17, 15) is 14.0 Å². The SMILES string of the molecule is O=C1c2ccccc2C(=O)N1CCCc1cc2c(c3cc4ccc(F)cc4nc13)SNC=C2. The number of amides is 2. The van der Waals surface area contributed by atoms with Crippen LogP contribution >= 0.6 is 11.9 Å². The molecule has 33 heavy (non-hydrogen) atoms. The lowest BCUT2D eigenvalue weighted by Crippen LogP contribution is -2.31. The van der Waals surface area contributed by atoms with Crippen LogP contribution in [0.15, 0.2) is 65.7 Å². The van der Waals surface area contributed by atoms with E-state index in [1.165, 1.54) is 29.0 Å². The van der Waals surface area contributed by atoms with Crippen molar-refractivity contribution in [3.05, 3.63) is 88.9 Å².